The average Bonchev–Trinajstić information content (AvgIpc) is 2.65. The van der Waals surface area contributed by atoms with E-state index in [4.69, 9.17) is 0 Å². The molecule has 0 spiro atoms. The maximum absolute atomic E-state index is 12.4. The number of rotatable bonds is 3. The largest absolute Gasteiger partial charge is 0.337 e. The zero-order chi connectivity index (χ0) is 13.7. The monoisotopic (exact) mass is 370 g/mol. The highest BCUT2D eigenvalue weighted by Gasteiger charge is 2.19. The molecule has 1 aromatic carbocycles. The Bertz CT molecular complexity index is 444. The minimum Gasteiger partial charge on any atom is -0.337 e. The number of hydrogen-bond donors (Lipinski definition) is 0. The van der Waals surface area contributed by atoms with Crippen molar-refractivity contribution in [2.75, 3.05) is 32.7 Å². The second-order valence-electron chi connectivity index (χ2n) is 4.74. The zero-order valence-corrected chi connectivity index (χ0v) is 13.2. The molecule has 0 atom stereocenters. The second-order valence-corrected chi connectivity index (χ2v) is 5.99. The fraction of sp³-hybridized carbons (Fsp3) is 0.400. The van der Waals surface area contributed by atoms with Gasteiger partial charge in [0.15, 0.2) is 0 Å². The van der Waals surface area contributed by atoms with Crippen LogP contribution in [0.1, 0.15) is 16.8 Å². The Hall–Kier alpha value is -0.880. The molecule has 1 aromatic rings. The summed E-state index contributed by atoms with van der Waals surface area (Å²) < 4.78 is 1.15. The number of halogens is 1. The molecule has 1 saturated heterocycles. The van der Waals surface area contributed by atoms with E-state index in [9.17, 15) is 4.79 Å². The van der Waals surface area contributed by atoms with Crippen LogP contribution in [0.5, 0.6) is 0 Å². The summed E-state index contributed by atoms with van der Waals surface area (Å²) in [4.78, 5) is 16.7. The number of amides is 1. The Labute approximate surface area is 128 Å². The van der Waals surface area contributed by atoms with Gasteiger partial charge in [0.25, 0.3) is 5.91 Å². The van der Waals surface area contributed by atoms with Gasteiger partial charge in [-0.3, -0.25) is 9.69 Å². The van der Waals surface area contributed by atoms with Gasteiger partial charge in [0, 0.05) is 41.9 Å². The van der Waals surface area contributed by atoms with Crippen LogP contribution in [0.15, 0.2) is 36.9 Å². The van der Waals surface area contributed by atoms with Crippen molar-refractivity contribution in [2.24, 2.45) is 0 Å². The summed E-state index contributed by atoms with van der Waals surface area (Å²) in [6.07, 6.45) is 2.96. The molecule has 1 amide bonds. The molecule has 0 N–H and O–H groups in total. The molecule has 1 fully saturated rings. The number of nitrogens with zero attached hydrogens (tertiary/aromatic N) is 2. The predicted octanol–water partition coefficient (Wildman–Crippen LogP) is 2.63. The summed E-state index contributed by atoms with van der Waals surface area (Å²) in [6, 6.07) is 7.79. The summed E-state index contributed by atoms with van der Waals surface area (Å²) in [5.41, 5.74) is 0.789. The van der Waals surface area contributed by atoms with Crippen molar-refractivity contribution in [3.63, 3.8) is 0 Å². The number of carbonyl (C=O) groups excluding carboxylic acids is 1. The van der Waals surface area contributed by atoms with Crippen molar-refractivity contribution in [1.29, 1.82) is 0 Å². The Morgan fingerprint density at radius 3 is 2.63 bits per heavy atom. The lowest BCUT2D eigenvalue weighted by Crippen LogP contribution is -2.35. The Kier molecular flexibility index (Phi) is 5.39. The van der Waals surface area contributed by atoms with Crippen LogP contribution in [0.2, 0.25) is 0 Å². The van der Waals surface area contributed by atoms with E-state index in [1.165, 1.54) is 0 Å². The van der Waals surface area contributed by atoms with Gasteiger partial charge < -0.3 is 4.90 Å². The Morgan fingerprint density at radius 1 is 1.21 bits per heavy atom. The predicted molar refractivity (Wildman–Crippen MR) is 86.3 cm³/mol. The maximum atomic E-state index is 12.4. The van der Waals surface area contributed by atoms with E-state index in [2.05, 4.69) is 34.1 Å². The smallest absolute Gasteiger partial charge is 0.253 e. The van der Waals surface area contributed by atoms with E-state index < -0.39 is 0 Å². The molecule has 19 heavy (non-hydrogen) atoms. The lowest BCUT2D eigenvalue weighted by atomic mass is 10.2. The molecule has 1 aliphatic heterocycles. The van der Waals surface area contributed by atoms with Crippen LogP contribution in [0.3, 0.4) is 0 Å². The molecule has 0 aromatic heterocycles. The SMILES string of the molecule is C=CCN1CCCN(C(=O)c2ccc(I)cc2)CC1. The molecule has 0 unspecified atom stereocenters. The van der Waals surface area contributed by atoms with Gasteiger partial charge in [-0.05, 0) is 53.3 Å². The molecule has 0 bridgehead atoms. The van der Waals surface area contributed by atoms with E-state index in [1.54, 1.807) is 0 Å². The van der Waals surface area contributed by atoms with Crippen LogP contribution >= 0.6 is 22.6 Å². The highest BCUT2D eigenvalue weighted by molar-refractivity contribution is 14.1. The summed E-state index contributed by atoms with van der Waals surface area (Å²) in [5, 5.41) is 0. The molecular formula is C15H19IN2O. The molecule has 0 aliphatic carbocycles. The topological polar surface area (TPSA) is 23.6 Å². The van der Waals surface area contributed by atoms with Gasteiger partial charge in [0.2, 0.25) is 0 Å². The normalized spacial score (nSPS) is 17.0. The van der Waals surface area contributed by atoms with Crippen LogP contribution in [-0.2, 0) is 0 Å². The number of benzene rings is 1. The molecule has 2 rings (SSSR count). The summed E-state index contributed by atoms with van der Waals surface area (Å²) in [5.74, 6) is 0.150. The van der Waals surface area contributed by atoms with E-state index >= 15 is 0 Å². The van der Waals surface area contributed by atoms with E-state index in [1.807, 2.05) is 35.2 Å². The van der Waals surface area contributed by atoms with Gasteiger partial charge in [-0.15, -0.1) is 6.58 Å². The molecular weight excluding hydrogens is 351 g/mol. The molecule has 1 aliphatic rings. The number of carbonyl (C=O) groups is 1. The first kappa shape index (κ1) is 14.5. The van der Waals surface area contributed by atoms with Crippen LogP contribution in [0, 0.1) is 3.57 Å². The van der Waals surface area contributed by atoms with Crippen LogP contribution < -0.4 is 0 Å². The highest BCUT2D eigenvalue weighted by atomic mass is 127. The lowest BCUT2D eigenvalue weighted by Gasteiger charge is -2.21. The van der Waals surface area contributed by atoms with Gasteiger partial charge >= 0.3 is 0 Å². The minimum absolute atomic E-state index is 0.150. The first-order chi connectivity index (χ1) is 9.20. The van der Waals surface area contributed by atoms with Gasteiger partial charge in [0.05, 0.1) is 0 Å². The quantitative estimate of drug-likeness (QED) is 0.603. The first-order valence-electron chi connectivity index (χ1n) is 6.59. The number of hydrogen-bond acceptors (Lipinski definition) is 2. The minimum atomic E-state index is 0.150. The van der Waals surface area contributed by atoms with Crippen LogP contribution in [0.25, 0.3) is 0 Å². The van der Waals surface area contributed by atoms with E-state index in [0.717, 1.165) is 48.3 Å². The van der Waals surface area contributed by atoms with Gasteiger partial charge in [-0.2, -0.15) is 0 Å². The molecule has 0 saturated carbocycles. The zero-order valence-electron chi connectivity index (χ0n) is 11.0. The van der Waals surface area contributed by atoms with Crippen LogP contribution in [-0.4, -0.2) is 48.4 Å². The lowest BCUT2D eigenvalue weighted by molar-refractivity contribution is 0.0762. The van der Waals surface area contributed by atoms with Crippen molar-refractivity contribution in [1.82, 2.24) is 9.80 Å². The van der Waals surface area contributed by atoms with Gasteiger partial charge in [0.1, 0.15) is 0 Å². The molecule has 1 heterocycles. The first-order valence-corrected chi connectivity index (χ1v) is 7.66. The summed E-state index contributed by atoms with van der Waals surface area (Å²) in [6.45, 7) is 8.31. The molecule has 0 radical (unpaired) electrons. The van der Waals surface area contributed by atoms with Crippen molar-refractivity contribution in [3.8, 4) is 0 Å². The Morgan fingerprint density at radius 2 is 1.95 bits per heavy atom. The summed E-state index contributed by atoms with van der Waals surface area (Å²) in [7, 11) is 0. The molecule has 102 valence electrons. The van der Waals surface area contributed by atoms with E-state index in [0.29, 0.717) is 0 Å². The third-order valence-electron chi connectivity index (χ3n) is 3.35. The maximum Gasteiger partial charge on any atom is 0.253 e. The molecule has 4 heteroatoms. The summed E-state index contributed by atoms with van der Waals surface area (Å²) >= 11 is 2.25. The van der Waals surface area contributed by atoms with Crippen molar-refractivity contribution in [2.45, 2.75) is 6.42 Å². The standard InChI is InChI=1S/C15H19IN2O/c1-2-8-17-9-3-10-18(12-11-17)15(19)13-4-6-14(16)7-5-13/h2,4-7H,1,3,8-12H2. The average molecular weight is 370 g/mol. The van der Waals surface area contributed by atoms with Gasteiger partial charge in [-0.25, -0.2) is 0 Å². The molecule has 3 nitrogen and oxygen atoms in total. The van der Waals surface area contributed by atoms with Crippen molar-refractivity contribution in [3.05, 3.63) is 46.1 Å². The highest BCUT2D eigenvalue weighted by Crippen LogP contribution is 2.11. The van der Waals surface area contributed by atoms with Crippen molar-refractivity contribution >= 4 is 28.5 Å². The second kappa shape index (κ2) is 7.05. The van der Waals surface area contributed by atoms with Crippen molar-refractivity contribution < 1.29 is 4.79 Å². The van der Waals surface area contributed by atoms with Crippen LogP contribution in [0.4, 0.5) is 0 Å². The van der Waals surface area contributed by atoms with Gasteiger partial charge in [-0.1, -0.05) is 6.08 Å². The Balaban J connectivity index is 1.99. The third-order valence-corrected chi connectivity index (χ3v) is 4.07. The fourth-order valence-electron chi connectivity index (χ4n) is 2.31. The van der Waals surface area contributed by atoms with E-state index in [-0.39, 0.29) is 5.91 Å². The third kappa shape index (κ3) is 4.04. The fourth-order valence-corrected chi connectivity index (χ4v) is 2.67.